The Kier molecular flexibility index (Phi) is 2.53. The van der Waals surface area contributed by atoms with Crippen LogP contribution in [0.3, 0.4) is 0 Å². The molecule has 0 saturated heterocycles. The van der Waals surface area contributed by atoms with Gasteiger partial charge in [-0.2, -0.15) is 15.8 Å². The summed E-state index contributed by atoms with van der Waals surface area (Å²) in [5.41, 5.74) is 0.261. The second-order valence-corrected chi connectivity index (χ2v) is 2.11. The van der Waals surface area contributed by atoms with E-state index >= 15 is 0 Å². The van der Waals surface area contributed by atoms with Crippen molar-refractivity contribution in [1.29, 1.82) is 15.8 Å². The first-order chi connectivity index (χ1) is 6.31. The average Bonchev–Trinajstić information content (AvgIpc) is 2.20. The summed E-state index contributed by atoms with van der Waals surface area (Å²) in [4.78, 5) is 7.33. The topological polar surface area (TPSA) is 97.1 Å². The molecule has 0 unspecified atom stereocenters. The molecule has 1 aromatic rings. The van der Waals surface area contributed by atoms with E-state index < -0.39 is 5.92 Å². The van der Waals surface area contributed by atoms with E-state index in [0.29, 0.717) is 0 Å². The van der Waals surface area contributed by atoms with E-state index in [9.17, 15) is 0 Å². The predicted octanol–water partition coefficient (Wildman–Crippen LogP) is 0.479. The summed E-state index contributed by atoms with van der Waals surface area (Å²) in [6.07, 6.45) is 1.35. The Bertz CT molecular complexity index is 417. The van der Waals surface area contributed by atoms with Gasteiger partial charge in [0, 0.05) is 6.20 Å². The van der Waals surface area contributed by atoms with Gasteiger partial charge in [-0.25, -0.2) is 9.97 Å². The maximum Gasteiger partial charge on any atom is 0.232 e. The van der Waals surface area contributed by atoms with Crippen molar-refractivity contribution >= 4 is 0 Å². The lowest BCUT2D eigenvalue weighted by Crippen LogP contribution is -1.99. The summed E-state index contributed by atoms with van der Waals surface area (Å²) in [5, 5.41) is 25.5. The minimum absolute atomic E-state index is 0.0343. The van der Waals surface area contributed by atoms with Crippen molar-refractivity contribution in [2.24, 2.45) is 0 Å². The molecule has 1 rings (SSSR count). The minimum Gasteiger partial charge on any atom is -0.228 e. The van der Waals surface area contributed by atoms with Crippen LogP contribution in [0.5, 0.6) is 0 Å². The number of nitriles is 3. The van der Waals surface area contributed by atoms with Crippen LogP contribution >= 0.6 is 0 Å². The molecule has 0 aliphatic carbocycles. The van der Waals surface area contributed by atoms with Crippen LogP contribution in [0.2, 0.25) is 0 Å². The van der Waals surface area contributed by atoms with Crippen molar-refractivity contribution in [2.75, 3.05) is 0 Å². The van der Waals surface area contributed by atoms with Crippen LogP contribution < -0.4 is 0 Å². The first-order valence-corrected chi connectivity index (χ1v) is 3.34. The monoisotopic (exact) mass is 169 g/mol. The van der Waals surface area contributed by atoms with Crippen LogP contribution in [-0.2, 0) is 0 Å². The van der Waals surface area contributed by atoms with Gasteiger partial charge >= 0.3 is 0 Å². The minimum atomic E-state index is -0.935. The Morgan fingerprint density at radius 3 is 2.46 bits per heavy atom. The van der Waals surface area contributed by atoms with Crippen LogP contribution in [0.15, 0.2) is 12.3 Å². The highest BCUT2D eigenvalue weighted by Gasteiger charge is 2.10. The van der Waals surface area contributed by atoms with Crippen LogP contribution in [0.4, 0.5) is 0 Å². The Labute approximate surface area is 74.5 Å². The van der Waals surface area contributed by atoms with E-state index in [2.05, 4.69) is 9.97 Å². The summed E-state index contributed by atoms with van der Waals surface area (Å²) in [6.45, 7) is 0. The van der Waals surface area contributed by atoms with Gasteiger partial charge in [-0.1, -0.05) is 0 Å². The first kappa shape index (κ1) is 8.64. The molecule has 0 radical (unpaired) electrons. The van der Waals surface area contributed by atoms with Gasteiger partial charge in [0.1, 0.15) is 6.07 Å². The van der Waals surface area contributed by atoms with Crippen molar-refractivity contribution in [3.63, 3.8) is 0 Å². The van der Waals surface area contributed by atoms with E-state index in [1.807, 2.05) is 0 Å². The van der Waals surface area contributed by atoms with Gasteiger partial charge in [0.15, 0.2) is 5.92 Å². The van der Waals surface area contributed by atoms with Gasteiger partial charge in [0.2, 0.25) is 5.82 Å². The molecule has 1 aromatic heterocycles. The fourth-order valence-electron chi connectivity index (χ4n) is 0.748. The largest absolute Gasteiger partial charge is 0.232 e. The van der Waals surface area contributed by atoms with Crippen LogP contribution in [0.1, 0.15) is 17.4 Å². The highest BCUT2D eigenvalue weighted by molar-refractivity contribution is 5.26. The quantitative estimate of drug-likeness (QED) is 0.608. The molecule has 0 fully saturated rings. The highest BCUT2D eigenvalue weighted by atomic mass is 14.9. The van der Waals surface area contributed by atoms with E-state index in [-0.39, 0.29) is 11.5 Å². The number of hydrogen-bond acceptors (Lipinski definition) is 5. The molecule has 5 nitrogen and oxygen atoms in total. The van der Waals surface area contributed by atoms with Crippen molar-refractivity contribution in [3.8, 4) is 18.2 Å². The molecule has 0 aliphatic heterocycles. The lowest BCUT2D eigenvalue weighted by Gasteiger charge is -1.97. The summed E-state index contributed by atoms with van der Waals surface area (Å²) >= 11 is 0. The normalized spacial score (nSPS) is 8.46. The summed E-state index contributed by atoms with van der Waals surface area (Å²) < 4.78 is 0. The van der Waals surface area contributed by atoms with Crippen molar-refractivity contribution in [1.82, 2.24) is 9.97 Å². The number of aromatic nitrogens is 2. The second kappa shape index (κ2) is 3.80. The Hall–Kier alpha value is -2.45. The molecule has 0 spiro atoms. The predicted molar refractivity (Wildman–Crippen MR) is 40.7 cm³/mol. The van der Waals surface area contributed by atoms with Gasteiger partial charge in [-0.05, 0) is 6.07 Å². The summed E-state index contributed by atoms with van der Waals surface area (Å²) in [5.74, 6) is -0.969. The SMILES string of the molecule is N#Cc1nccc(C(C#N)C#N)n1. The van der Waals surface area contributed by atoms with E-state index in [1.165, 1.54) is 12.3 Å². The zero-order valence-corrected chi connectivity index (χ0v) is 6.47. The molecular weight excluding hydrogens is 166 g/mol. The number of rotatable bonds is 1. The zero-order chi connectivity index (χ0) is 9.68. The maximum atomic E-state index is 8.53. The van der Waals surface area contributed by atoms with Gasteiger partial charge in [-0.3, -0.25) is 0 Å². The Morgan fingerprint density at radius 2 is 1.92 bits per heavy atom. The smallest absolute Gasteiger partial charge is 0.228 e. The molecule has 1 heterocycles. The maximum absolute atomic E-state index is 8.53. The fourth-order valence-corrected chi connectivity index (χ4v) is 0.748. The molecule has 0 amide bonds. The summed E-state index contributed by atoms with van der Waals surface area (Å²) in [7, 11) is 0. The molecular formula is C8H3N5. The van der Waals surface area contributed by atoms with Crippen LogP contribution in [0, 0.1) is 34.0 Å². The van der Waals surface area contributed by atoms with Crippen molar-refractivity contribution in [3.05, 3.63) is 23.8 Å². The van der Waals surface area contributed by atoms with Crippen LogP contribution in [-0.4, -0.2) is 9.97 Å². The molecule has 5 heteroatoms. The second-order valence-electron chi connectivity index (χ2n) is 2.11. The number of hydrogen-bond donors (Lipinski definition) is 0. The van der Waals surface area contributed by atoms with Gasteiger partial charge in [0.05, 0.1) is 17.8 Å². The Morgan fingerprint density at radius 1 is 1.23 bits per heavy atom. The van der Waals surface area contributed by atoms with E-state index in [1.54, 1.807) is 18.2 Å². The lowest BCUT2D eigenvalue weighted by atomic mass is 10.1. The molecule has 13 heavy (non-hydrogen) atoms. The average molecular weight is 169 g/mol. The first-order valence-electron chi connectivity index (χ1n) is 3.34. The summed E-state index contributed by atoms with van der Waals surface area (Å²) in [6, 6.07) is 6.69. The number of nitrogens with zero attached hydrogens (tertiary/aromatic N) is 5. The van der Waals surface area contributed by atoms with Crippen molar-refractivity contribution < 1.29 is 0 Å². The fraction of sp³-hybridized carbons (Fsp3) is 0.125. The van der Waals surface area contributed by atoms with E-state index in [0.717, 1.165) is 0 Å². The third-order valence-electron chi connectivity index (χ3n) is 1.33. The van der Waals surface area contributed by atoms with Crippen LogP contribution in [0.25, 0.3) is 0 Å². The van der Waals surface area contributed by atoms with E-state index in [4.69, 9.17) is 15.8 Å². The van der Waals surface area contributed by atoms with Gasteiger partial charge < -0.3 is 0 Å². The molecule has 60 valence electrons. The van der Waals surface area contributed by atoms with Crippen molar-refractivity contribution in [2.45, 2.75) is 5.92 Å². The lowest BCUT2D eigenvalue weighted by molar-refractivity contribution is 0.964. The third kappa shape index (κ3) is 1.77. The molecule has 0 aromatic carbocycles. The van der Waals surface area contributed by atoms with Gasteiger partial charge in [-0.15, -0.1) is 0 Å². The highest BCUT2D eigenvalue weighted by Crippen LogP contribution is 2.09. The third-order valence-corrected chi connectivity index (χ3v) is 1.33. The molecule has 0 saturated carbocycles. The Balaban J connectivity index is 3.13. The molecule has 0 aliphatic rings. The van der Waals surface area contributed by atoms with Gasteiger partial charge in [0.25, 0.3) is 0 Å². The molecule has 0 bridgehead atoms. The molecule has 0 atom stereocenters. The molecule has 0 N–H and O–H groups in total. The standard InChI is InChI=1S/C8H3N5/c9-3-6(4-10)7-1-2-12-8(5-11)13-7/h1-2,6H. The zero-order valence-electron chi connectivity index (χ0n) is 6.47.